The topological polar surface area (TPSA) is 68.3 Å². The molecule has 0 saturated carbocycles. The first-order valence-electron chi connectivity index (χ1n) is 11.6. The second-order valence-corrected chi connectivity index (χ2v) is 7.14. The Morgan fingerprint density at radius 1 is 1.03 bits per heavy atom. The Bertz CT molecular complexity index is 1150. The van der Waals surface area contributed by atoms with Crippen LogP contribution in [0.1, 0.15) is 60.9 Å². The van der Waals surface area contributed by atoms with Crippen molar-refractivity contribution in [2.75, 3.05) is 19.5 Å². The zero-order valence-corrected chi connectivity index (χ0v) is 21.8. The molecule has 0 unspecified atom stereocenters. The number of hydrogen-bond donors (Lipinski definition) is 1. The number of aldehydes is 1. The van der Waals surface area contributed by atoms with Gasteiger partial charge >= 0.3 is 0 Å². The minimum atomic E-state index is 0.0160. The predicted molar refractivity (Wildman–Crippen MR) is 147 cm³/mol. The minimum Gasteiger partial charge on any atom is -0.496 e. The van der Waals surface area contributed by atoms with E-state index in [-0.39, 0.29) is 5.78 Å². The highest BCUT2D eigenvalue weighted by Gasteiger charge is 2.13. The highest BCUT2D eigenvalue weighted by Crippen LogP contribution is 2.35. The lowest BCUT2D eigenvalue weighted by Gasteiger charge is -2.14. The number of allylic oxidation sites excluding steroid dienone is 4. The molecule has 5 heteroatoms. The maximum absolute atomic E-state index is 11.6. The van der Waals surface area contributed by atoms with E-state index in [4.69, 9.17) is 4.74 Å². The molecule has 0 atom stereocenters. The molecule has 0 spiro atoms. The molecular weight excluding hydrogens is 436 g/mol. The molecule has 35 heavy (non-hydrogen) atoms. The van der Waals surface area contributed by atoms with Gasteiger partial charge in [-0.15, -0.1) is 0 Å². The number of nitrogens with zero attached hydrogens (tertiary/aromatic N) is 1. The summed E-state index contributed by atoms with van der Waals surface area (Å²) in [5, 5.41) is 3.06. The molecule has 0 bridgehead atoms. The second kappa shape index (κ2) is 15.8. The quantitative estimate of drug-likeness (QED) is 0.219. The number of ether oxygens (including phenoxy) is 1. The summed E-state index contributed by atoms with van der Waals surface area (Å²) in [4.78, 5) is 26.2. The molecule has 1 N–H and O–H groups in total. The van der Waals surface area contributed by atoms with E-state index in [1.54, 1.807) is 32.5 Å². The average molecular weight is 473 g/mol. The van der Waals surface area contributed by atoms with Gasteiger partial charge in [0.1, 0.15) is 5.75 Å². The van der Waals surface area contributed by atoms with Crippen LogP contribution in [0.2, 0.25) is 0 Å². The van der Waals surface area contributed by atoms with Crippen LogP contribution in [-0.4, -0.2) is 31.2 Å². The SMILES string of the molecule is C/C=C\C(=C/C)c1cncc(C=O)c1.CC.CNc1cc(-c2ccccc2)c(OC)cc1C(C)=O. The highest BCUT2D eigenvalue weighted by atomic mass is 16.5. The monoisotopic (exact) mass is 472 g/mol. The van der Waals surface area contributed by atoms with Gasteiger partial charge in [-0.25, -0.2) is 0 Å². The average Bonchev–Trinajstić information content (AvgIpc) is 2.92. The lowest BCUT2D eigenvalue weighted by molar-refractivity contribution is 0.101. The molecule has 0 aliphatic heterocycles. The predicted octanol–water partition coefficient (Wildman–Crippen LogP) is 7.51. The van der Waals surface area contributed by atoms with E-state index in [2.05, 4.69) is 10.3 Å². The Labute approximate surface area is 209 Å². The van der Waals surface area contributed by atoms with Gasteiger partial charge in [0.15, 0.2) is 12.1 Å². The lowest BCUT2D eigenvalue weighted by atomic mass is 9.99. The number of ketones is 1. The number of Topliss-reactive ketones (excluding diaryl/α,β-unsaturated/α-hetero) is 1. The zero-order chi connectivity index (χ0) is 26.2. The van der Waals surface area contributed by atoms with Crippen LogP contribution < -0.4 is 10.1 Å². The van der Waals surface area contributed by atoms with Gasteiger partial charge in [0.05, 0.1) is 7.11 Å². The Morgan fingerprint density at radius 2 is 1.71 bits per heavy atom. The first-order valence-corrected chi connectivity index (χ1v) is 11.6. The van der Waals surface area contributed by atoms with Crippen molar-refractivity contribution in [3.8, 4) is 16.9 Å². The highest BCUT2D eigenvalue weighted by molar-refractivity contribution is 6.01. The number of carbonyl (C=O) groups excluding carboxylic acids is 2. The minimum absolute atomic E-state index is 0.0160. The molecule has 0 aliphatic rings. The van der Waals surface area contributed by atoms with Crippen LogP contribution in [0.3, 0.4) is 0 Å². The van der Waals surface area contributed by atoms with Crippen molar-refractivity contribution in [2.45, 2.75) is 34.6 Å². The first-order chi connectivity index (χ1) is 17.0. The van der Waals surface area contributed by atoms with Crippen molar-refractivity contribution in [1.29, 1.82) is 0 Å². The van der Waals surface area contributed by atoms with Crippen molar-refractivity contribution in [1.82, 2.24) is 4.98 Å². The number of carbonyl (C=O) groups is 2. The zero-order valence-electron chi connectivity index (χ0n) is 21.8. The van der Waals surface area contributed by atoms with E-state index in [0.29, 0.717) is 16.9 Å². The van der Waals surface area contributed by atoms with Gasteiger partial charge in [-0.2, -0.15) is 0 Å². The van der Waals surface area contributed by atoms with Crippen molar-refractivity contribution in [3.05, 3.63) is 95.8 Å². The summed E-state index contributed by atoms with van der Waals surface area (Å²) in [6.45, 7) is 9.47. The summed E-state index contributed by atoms with van der Waals surface area (Å²) in [7, 11) is 3.42. The number of anilines is 1. The molecule has 0 fully saturated rings. The van der Waals surface area contributed by atoms with Crippen molar-refractivity contribution in [2.24, 2.45) is 0 Å². The summed E-state index contributed by atoms with van der Waals surface area (Å²) in [5.74, 6) is 0.720. The van der Waals surface area contributed by atoms with Crippen LogP contribution in [0, 0.1) is 0 Å². The summed E-state index contributed by atoms with van der Waals surface area (Å²) in [5.41, 5.74) is 6.12. The van der Waals surface area contributed by atoms with Crippen LogP contribution in [0.25, 0.3) is 16.7 Å². The summed E-state index contributed by atoms with van der Waals surface area (Å²) >= 11 is 0. The number of aromatic nitrogens is 1. The third-order valence-corrected chi connectivity index (χ3v) is 4.96. The second-order valence-electron chi connectivity index (χ2n) is 7.14. The van der Waals surface area contributed by atoms with E-state index < -0.39 is 0 Å². The molecule has 5 nitrogen and oxygen atoms in total. The first kappa shape index (κ1) is 29.0. The van der Waals surface area contributed by atoms with Crippen molar-refractivity contribution in [3.63, 3.8) is 0 Å². The van der Waals surface area contributed by atoms with Gasteiger partial charge in [-0.1, -0.05) is 62.4 Å². The van der Waals surface area contributed by atoms with Crippen LogP contribution in [0.5, 0.6) is 5.75 Å². The van der Waals surface area contributed by atoms with E-state index in [1.165, 1.54) is 0 Å². The molecule has 3 rings (SSSR count). The summed E-state index contributed by atoms with van der Waals surface area (Å²) in [6.07, 6.45) is 10.1. The molecule has 0 aliphatic carbocycles. The van der Waals surface area contributed by atoms with Gasteiger partial charge in [-0.3, -0.25) is 14.6 Å². The third-order valence-electron chi connectivity index (χ3n) is 4.96. The summed E-state index contributed by atoms with van der Waals surface area (Å²) < 4.78 is 5.41. The smallest absolute Gasteiger partial charge is 0.162 e. The molecule has 0 radical (unpaired) electrons. The Morgan fingerprint density at radius 3 is 2.23 bits per heavy atom. The Hall–Kier alpha value is -3.99. The van der Waals surface area contributed by atoms with Gasteiger partial charge in [0, 0.05) is 47.4 Å². The Balaban J connectivity index is 0.000000341. The molecule has 0 saturated heterocycles. The number of hydrogen-bond acceptors (Lipinski definition) is 5. The number of nitrogens with one attached hydrogen (secondary N) is 1. The molecular formula is C30H36N2O3. The molecule has 1 heterocycles. The van der Waals surface area contributed by atoms with E-state index in [9.17, 15) is 9.59 Å². The number of pyridine rings is 1. The fourth-order valence-electron chi connectivity index (χ4n) is 3.31. The number of benzene rings is 2. The molecule has 2 aromatic carbocycles. The maximum Gasteiger partial charge on any atom is 0.162 e. The molecule has 1 aromatic heterocycles. The van der Waals surface area contributed by atoms with E-state index >= 15 is 0 Å². The van der Waals surface area contributed by atoms with Crippen molar-refractivity contribution >= 4 is 23.3 Å². The third kappa shape index (κ3) is 8.38. The largest absolute Gasteiger partial charge is 0.496 e. The summed E-state index contributed by atoms with van der Waals surface area (Å²) in [6, 6.07) is 15.5. The maximum atomic E-state index is 11.6. The van der Waals surface area contributed by atoms with Gasteiger partial charge < -0.3 is 10.1 Å². The Kier molecular flexibility index (Phi) is 13.1. The molecule has 3 aromatic rings. The van der Waals surface area contributed by atoms with Crippen molar-refractivity contribution < 1.29 is 14.3 Å². The fourth-order valence-corrected chi connectivity index (χ4v) is 3.31. The molecule has 0 amide bonds. The van der Waals surface area contributed by atoms with Gasteiger partial charge in [-0.05, 0) is 50.1 Å². The van der Waals surface area contributed by atoms with E-state index in [0.717, 1.165) is 34.2 Å². The van der Waals surface area contributed by atoms with Gasteiger partial charge in [0.2, 0.25) is 0 Å². The normalized spacial score (nSPS) is 10.4. The number of methoxy groups -OCH3 is 1. The lowest BCUT2D eigenvalue weighted by Crippen LogP contribution is -2.02. The van der Waals surface area contributed by atoms with Crippen LogP contribution in [-0.2, 0) is 0 Å². The van der Waals surface area contributed by atoms with Crippen LogP contribution in [0.4, 0.5) is 5.69 Å². The van der Waals surface area contributed by atoms with Gasteiger partial charge in [0.25, 0.3) is 0 Å². The van der Waals surface area contributed by atoms with E-state index in [1.807, 2.05) is 95.4 Å². The number of rotatable bonds is 7. The van der Waals surface area contributed by atoms with Crippen LogP contribution >= 0.6 is 0 Å². The fraction of sp³-hybridized carbons (Fsp3) is 0.233. The standard InChI is InChI=1S/C16H17NO2.C12H13NO.C2H6/c1-11(18)13-10-16(19-3)14(9-15(13)17-2)12-7-5-4-6-8-12;1-3-5-11(4-2)12-6-10(9-14)7-13-8-12;1-2/h4-10,17H,1-3H3;3-9H,1-2H3;1-2H3/b;5-3-,11-4+;. The van der Waals surface area contributed by atoms with Crippen LogP contribution in [0.15, 0.2) is 79.2 Å². The molecule has 184 valence electrons.